The molecule has 1 radical (unpaired) electrons. The van der Waals surface area contributed by atoms with Crippen LogP contribution >= 0.6 is 0 Å². The number of likely N-dealkylation sites (tertiary alicyclic amines) is 1. The molecule has 2 amide bonds. The van der Waals surface area contributed by atoms with Crippen LogP contribution in [0.3, 0.4) is 0 Å². The van der Waals surface area contributed by atoms with Gasteiger partial charge in [0.2, 0.25) is 5.91 Å². The van der Waals surface area contributed by atoms with Gasteiger partial charge in [-0.25, -0.2) is 4.79 Å². The minimum atomic E-state index is -4.45. The van der Waals surface area contributed by atoms with Gasteiger partial charge in [-0.05, 0) is 30.0 Å². The van der Waals surface area contributed by atoms with Crippen molar-refractivity contribution in [2.75, 3.05) is 13.1 Å². The fraction of sp³-hybridized carbons (Fsp3) is 0.500. The number of nitrogens with one attached hydrogen (secondary N) is 1. The van der Waals surface area contributed by atoms with Gasteiger partial charge in [0.1, 0.15) is 0 Å². The predicted octanol–water partition coefficient (Wildman–Crippen LogP) is 2.80. The highest BCUT2D eigenvalue weighted by Gasteiger charge is 2.38. The number of halogens is 3. The summed E-state index contributed by atoms with van der Waals surface area (Å²) < 4.78 is 38.2. The number of primary amides is 1. The summed E-state index contributed by atoms with van der Waals surface area (Å²) >= 11 is 0. The van der Waals surface area contributed by atoms with Crippen molar-refractivity contribution in [1.29, 1.82) is 0 Å². The van der Waals surface area contributed by atoms with E-state index in [0.717, 1.165) is 18.1 Å². The van der Waals surface area contributed by atoms with Gasteiger partial charge in [-0.2, -0.15) is 13.2 Å². The largest absolute Gasteiger partial charge is 0.465 e. The van der Waals surface area contributed by atoms with Crippen molar-refractivity contribution in [2.45, 2.75) is 38.5 Å². The molecule has 1 aromatic carbocycles. The predicted molar refractivity (Wildman–Crippen MR) is 92.6 cm³/mol. The van der Waals surface area contributed by atoms with Crippen LogP contribution in [0, 0.1) is 11.8 Å². The zero-order valence-corrected chi connectivity index (χ0v) is 15.1. The van der Waals surface area contributed by atoms with E-state index in [1.165, 1.54) is 12.1 Å². The van der Waals surface area contributed by atoms with Crippen molar-refractivity contribution in [3.63, 3.8) is 0 Å². The van der Waals surface area contributed by atoms with Crippen molar-refractivity contribution in [3.05, 3.63) is 41.3 Å². The molecule has 27 heavy (non-hydrogen) atoms. The van der Waals surface area contributed by atoms with E-state index in [2.05, 4.69) is 5.32 Å². The number of alkyl halides is 3. The van der Waals surface area contributed by atoms with Gasteiger partial charge in [-0.1, -0.05) is 26.0 Å². The molecule has 3 atom stereocenters. The number of hydrogen-bond acceptors (Lipinski definition) is 3. The first-order chi connectivity index (χ1) is 12.5. The normalized spacial score (nSPS) is 20.4. The third-order valence-corrected chi connectivity index (χ3v) is 4.80. The minimum Gasteiger partial charge on any atom is -0.465 e. The van der Waals surface area contributed by atoms with Crippen molar-refractivity contribution >= 4 is 12.0 Å². The number of nitrogens with two attached hydrogens (primary N) is 1. The van der Waals surface area contributed by atoms with E-state index >= 15 is 0 Å². The molecule has 0 aliphatic carbocycles. The zero-order chi connectivity index (χ0) is 20.4. The molecule has 9 heteroatoms. The van der Waals surface area contributed by atoms with Crippen molar-refractivity contribution in [2.24, 2.45) is 11.7 Å². The van der Waals surface area contributed by atoms with Crippen LogP contribution in [0.1, 0.15) is 37.3 Å². The van der Waals surface area contributed by atoms with E-state index in [4.69, 9.17) is 10.8 Å². The highest BCUT2D eigenvalue weighted by Crippen LogP contribution is 2.35. The Kier molecular flexibility index (Phi) is 6.35. The van der Waals surface area contributed by atoms with E-state index in [9.17, 15) is 22.8 Å². The third-order valence-electron chi connectivity index (χ3n) is 4.80. The second-order valence-corrected chi connectivity index (χ2v) is 6.97. The summed E-state index contributed by atoms with van der Waals surface area (Å²) in [6.45, 7) is 4.56. The maximum atomic E-state index is 12.7. The number of nitrogens with zero attached hydrogens (tertiary/aromatic N) is 1. The summed E-state index contributed by atoms with van der Waals surface area (Å²) in [7, 11) is 0. The molecular weight excluding hydrogens is 363 g/mol. The average molecular weight is 386 g/mol. The summed E-state index contributed by atoms with van der Waals surface area (Å²) in [5.41, 5.74) is 5.18. The Bertz CT molecular complexity index is 677. The summed E-state index contributed by atoms with van der Waals surface area (Å²) in [4.78, 5) is 24.9. The van der Waals surface area contributed by atoms with Crippen LogP contribution in [0.25, 0.3) is 0 Å². The summed E-state index contributed by atoms with van der Waals surface area (Å²) in [6, 6.07) is 4.45. The molecule has 0 saturated carbocycles. The highest BCUT2D eigenvalue weighted by molar-refractivity contribution is 5.82. The molecule has 0 aromatic heterocycles. The number of rotatable bonds is 6. The van der Waals surface area contributed by atoms with E-state index in [1.807, 2.05) is 4.90 Å². The molecule has 1 aliphatic heterocycles. The molecule has 2 unspecified atom stereocenters. The first-order valence-electron chi connectivity index (χ1n) is 8.50. The topological polar surface area (TPSA) is 95.7 Å². The number of carbonyl (C=O) groups excluding carboxylic acids is 1. The van der Waals surface area contributed by atoms with Crippen LogP contribution in [-0.4, -0.2) is 41.3 Å². The van der Waals surface area contributed by atoms with Crippen LogP contribution in [0.4, 0.5) is 18.0 Å². The van der Waals surface area contributed by atoms with Crippen LogP contribution < -0.4 is 11.1 Å². The molecule has 1 aliphatic rings. The minimum absolute atomic E-state index is 0.211. The van der Waals surface area contributed by atoms with Crippen LogP contribution in [-0.2, 0) is 11.0 Å². The average Bonchev–Trinajstić information content (AvgIpc) is 3.00. The Hall–Kier alpha value is -2.29. The molecular formula is C18H23F3N3O3. The standard InChI is InChI=1S/C18H23F3N3O3/c1-10(2)16(23-17(26)27)24-8-7-12(9-24)14(15(22)25)11-3-5-13(6-4-11)18(19,20)21/h3-6,12,14,16,23H,7-9H2,1-2H3,(H2,22,25)(H,26,27)/t12-,14?,16?/m0/s1. The molecule has 6 nitrogen and oxygen atoms in total. The summed E-state index contributed by atoms with van der Waals surface area (Å²) in [6.07, 6.45) is -5.51. The number of amides is 2. The molecule has 1 fully saturated rings. The highest BCUT2D eigenvalue weighted by atomic mass is 19.4. The maximum Gasteiger partial charge on any atom is 0.416 e. The van der Waals surface area contributed by atoms with E-state index in [-0.39, 0.29) is 5.92 Å². The Morgan fingerprint density at radius 1 is 1.26 bits per heavy atom. The molecule has 149 valence electrons. The second kappa shape index (κ2) is 8.16. The van der Waals surface area contributed by atoms with E-state index < -0.39 is 35.8 Å². The first kappa shape index (κ1) is 21.0. The Morgan fingerprint density at radius 3 is 2.30 bits per heavy atom. The molecule has 0 spiro atoms. The van der Waals surface area contributed by atoms with Gasteiger partial charge in [0.05, 0.1) is 17.6 Å². The van der Waals surface area contributed by atoms with Gasteiger partial charge in [0.15, 0.2) is 0 Å². The van der Waals surface area contributed by atoms with Gasteiger partial charge >= 0.3 is 12.3 Å². The monoisotopic (exact) mass is 386 g/mol. The van der Waals surface area contributed by atoms with Gasteiger partial charge in [0, 0.05) is 19.0 Å². The molecule has 0 bridgehead atoms. The lowest BCUT2D eigenvalue weighted by Gasteiger charge is -2.31. The number of carbonyl (C=O) groups is 2. The lowest BCUT2D eigenvalue weighted by molar-refractivity contribution is -0.137. The second-order valence-electron chi connectivity index (χ2n) is 6.97. The number of hydrogen-bond donors (Lipinski definition) is 3. The zero-order valence-electron chi connectivity index (χ0n) is 15.1. The fourth-order valence-electron chi connectivity index (χ4n) is 3.59. The molecule has 2 rings (SSSR count). The van der Waals surface area contributed by atoms with E-state index in [0.29, 0.717) is 25.1 Å². The van der Waals surface area contributed by atoms with Gasteiger partial charge in [0.25, 0.3) is 0 Å². The van der Waals surface area contributed by atoms with Crippen LogP contribution in [0.5, 0.6) is 0 Å². The lowest BCUT2D eigenvalue weighted by Crippen LogP contribution is -2.49. The lowest BCUT2D eigenvalue weighted by atomic mass is 9.84. The molecule has 1 saturated heterocycles. The SMILES string of the molecule is C[C](C)C(NC(=O)O)N1CC[C@H](C(C(N)=O)c2ccc(C(F)(F)F)cc2)C1. The van der Waals surface area contributed by atoms with Crippen molar-refractivity contribution in [1.82, 2.24) is 10.2 Å². The Labute approximate surface area is 155 Å². The van der Waals surface area contributed by atoms with Gasteiger partial charge < -0.3 is 16.2 Å². The molecule has 1 heterocycles. The van der Waals surface area contributed by atoms with Crippen LogP contribution in [0.2, 0.25) is 0 Å². The summed E-state index contributed by atoms with van der Waals surface area (Å²) in [5, 5.41) is 11.4. The quantitative estimate of drug-likeness (QED) is 0.701. The smallest absolute Gasteiger partial charge is 0.416 e. The molecule has 4 N–H and O–H groups in total. The maximum absolute atomic E-state index is 12.7. The first-order valence-corrected chi connectivity index (χ1v) is 8.50. The number of benzene rings is 1. The van der Waals surface area contributed by atoms with Crippen LogP contribution in [0.15, 0.2) is 24.3 Å². The van der Waals surface area contributed by atoms with Gasteiger partial charge in [-0.15, -0.1) is 0 Å². The van der Waals surface area contributed by atoms with Crippen molar-refractivity contribution in [3.8, 4) is 0 Å². The fourth-order valence-corrected chi connectivity index (χ4v) is 3.59. The van der Waals surface area contributed by atoms with E-state index in [1.54, 1.807) is 13.8 Å². The third kappa shape index (κ3) is 5.12. The Morgan fingerprint density at radius 2 is 1.85 bits per heavy atom. The van der Waals surface area contributed by atoms with Crippen molar-refractivity contribution < 1.29 is 27.9 Å². The van der Waals surface area contributed by atoms with Gasteiger partial charge in [-0.3, -0.25) is 9.69 Å². The molecule has 1 aromatic rings. The Balaban J connectivity index is 2.18. The summed E-state index contributed by atoms with van der Waals surface area (Å²) in [5.74, 6) is -0.707. The number of carboxylic acid groups (broad SMARTS) is 1.